The van der Waals surface area contributed by atoms with Gasteiger partial charge in [0.15, 0.2) is 0 Å². The fraction of sp³-hybridized carbons (Fsp3) is 0.360. The molecule has 0 N–H and O–H groups in total. The number of carbonyl (C=O) groups is 1. The van der Waals surface area contributed by atoms with Gasteiger partial charge in [0.2, 0.25) is 0 Å². The maximum absolute atomic E-state index is 12.7. The fourth-order valence-electron chi connectivity index (χ4n) is 3.35. The van der Waals surface area contributed by atoms with Crippen LogP contribution in [-0.4, -0.2) is 49.6 Å². The van der Waals surface area contributed by atoms with E-state index in [9.17, 15) is 4.79 Å². The lowest BCUT2D eigenvalue weighted by Crippen LogP contribution is -2.42. The van der Waals surface area contributed by atoms with Gasteiger partial charge in [0.25, 0.3) is 0 Å². The molecule has 8 nitrogen and oxygen atoms in total. The van der Waals surface area contributed by atoms with Crippen LogP contribution in [0.1, 0.15) is 37.7 Å². The zero-order valence-electron chi connectivity index (χ0n) is 19.7. The van der Waals surface area contributed by atoms with Crippen LogP contribution in [0.25, 0.3) is 0 Å². The molecule has 0 fully saturated rings. The van der Waals surface area contributed by atoms with Crippen LogP contribution < -0.4 is 0 Å². The summed E-state index contributed by atoms with van der Waals surface area (Å²) < 4.78 is 5.57. The predicted molar refractivity (Wildman–Crippen MR) is 132 cm³/mol. The van der Waals surface area contributed by atoms with E-state index in [1.165, 1.54) is 4.90 Å². The van der Waals surface area contributed by atoms with Crippen molar-refractivity contribution in [2.75, 3.05) is 12.3 Å². The zero-order valence-corrected chi connectivity index (χ0v) is 20.5. The molecule has 0 aliphatic carbocycles. The highest BCUT2D eigenvalue weighted by Gasteiger charge is 2.32. The minimum Gasteiger partial charge on any atom is -0.444 e. The van der Waals surface area contributed by atoms with Crippen LogP contribution in [0.2, 0.25) is 0 Å². The maximum atomic E-state index is 12.7. The maximum Gasteiger partial charge on any atom is 0.411 e. The highest BCUT2D eigenvalue weighted by atomic mass is 32.2. The molecule has 0 unspecified atom stereocenters. The van der Waals surface area contributed by atoms with Crippen LogP contribution in [0.15, 0.2) is 70.7 Å². The Morgan fingerprint density at radius 1 is 1.03 bits per heavy atom. The summed E-state index contributed by atoms with van der Waals surface area (Å²) in [4.78, 5) is 22.8. The molecule has 0 saturated heterocycles. The summed E-state index contributed by atoms with van der Waals surface area (Å²) in [6.45, 7) is 7.06. The molecule has 1 aliphatic rings. The van der Waals surface area contributed by atoms with Crippen molar-refractivity contribution in [3.05, 3.63) is 77.6 Å². The molecule has 34 heavy (non-hydrogen) atoms. The number of aryl methyl sites for hydroxylation is 1. The zero-order chi connectivity index (χ0) is 24.0. The van der Waals surface area contributed by atoms with Gasteiger partial charge in [-0.05, 0) is 38.5 Å². The van der Waals surface area contributed by atoms with Crippen LogP contribution in [0.4, 0.5) is 4.79 Å². The number of aromatic nitrogens is 3. The molecule has 0 spiro atoms. The Kier molecular flexibility index (Phi) is 7.52. The molecule has 1 aromatic heterocycles. The third kappa shape index (κ3) is 6.60. The number of oxime groups is 1. The van der Waals surface area contributed by atoms with Gasteiger partial charge in [-0.15, -0.1) is 11.8 Å². The van der Waals surface area contributed by atoms with E-state index in [0.717, 1.165) is 11.3 Å². The van der Waals surface area contributed by atoms with Gasteiger partial charge >= 0.3 is 6.09 Å². The van der Waals surface area contributed by atoms with Gasteiger partial charge in [-0.3, -0.25) is 4.90 Å². The van der Waals surface area contributed by atoms with Gasteiger partial charge in [0.05, 0.1) is 19.6 Å². The van der Waals surface area contributed by atoms with Crippen molar-refractivity contribution in [1.82, 2.24) is 19.9 Å². The number of hydrogen-bond acceptors (Lipinski definition) is 7. The summed E-state index contributed by atoms with van der Waals surface area (Å²) in [5.41, 5.74) is 2.32. The number of amides is 1. The van der Waals surface area contributed by atoms with Crippen LogP contribution >= 0.6 is 11.8 Å². The van der Waals surface area contributed by atoms with Crippen molar-refractivity contribution in [2.45, 2.75) is 51.0 Å². The highest BCUT2D eigenvalue weighted by molar-refractivity contribution is 7.99. The average Bonchev–Trinajstić information content (AvgIpc) is 3.22. The number of fused-ring (bicyclic) bond motifs is 1. The first-order chi connectivity index (χ1) is 16.4. The number of benzene rings is 2. The van der Waals surface area contributed by atoms with E-state index in [4.69, 9.17) is 9.57 Å². The largest absolute Gasteiger partial charge is 0.444 e. The van der Waals surface area contributed by atoms with Crippen LogP contribution in [0, 0.1) is 0 Å². The Morgan fingerprint density at radius 3 is 2.44 bits per heavy atom. The van der Waals surface area contributed by atoms with Crippen LogP contribution in [0.5, 0.6) is 0 Å². The first-order valence-electron chi connectivity index (χ1n) is 11.2. The van der Waals surface area contributed by atoms with E-state index in [2.05, 4.69) is 27.5 Å². The van der Waals surface area contributed by atoms with E-state index in [1.54, 1.807) is 21.5 Å². The molecule has 0 radical (unpaired) electrons. The fourth-order valence-corrected chi connectivity index (χ4v) is 4.19. The molecule has 2 heterocycles. The van der Waals surface area contributed by atoms with E-state index >= 15 is 0 Å². The molecule has 3 aromatic rings. The molecular formula is C25H29N5O3S. The SMILES string of the molecule is CC(C)(C)OC(=O)N1CC(=NOCc2ccccc2)c2nn(CCSc3ccccc3)nc2C1. The van der Waals surface area contributed by atoms with Crippen molar-refractivity contribution in [3.8, 4) is 0 Å². The molecule has 4 rings (SSSR count). The third-order valence-electron chi connectivity index (χ3n) is 4.88. The van der Waals surface area contributed by atoms with Crippen molar-refractivity contribution in [2.24, 2.45) is 5.16 Å². The first kappa shape index (κ1) is 23.8. The Labute approximate surface area is 203 Å². The quantitative estimate of drug-likeness (QED) is 0.360. The van der Waals surface area contributed by atoms with Gasteiger partial charge in [-0.1, -0.05) is 53.7 Å². The summed E-state index contributed by atoms with van der Waals surface area (Å²) in [6.07, 6.45) is -0.414. The summed E-state index contributed by atoms with van der Waals surface area (Å²) in [5, 5.41) is 13.6. The van der Waals surface area contributed by atoms with Crippen molar-refractivity contribution >= 4 is 23.6 Å². The standard InChI is InChI=1S/C25H29N5O3S/c1-25(2,3)33-24(31)29-16-21-23(22(17-29)28-32-18-19-10-6-4-7-11-19)27-30(26-21)14-15-34-20-12-8-5-9-13-20/h4-13H,14-18H2,1-3H3. The summed E-state index contributed by atoms with van der Waals surface area (Å²) in [7, 11) is 0. The molecule has 178 valence electrons. The van der Waals surface area contributed by atoms with Gasteiger partial charge in [-0.25, -0.2) is 4.79 Å². The molecule has 1 amide bonds. The summed E-state index contributed by atoms with van der Waals surface area (Å²) in [5.74, 6) is 0.824. The topological polar surface area (TPSA) is 81.8 Å². The third-order valence-corrected chi connectivity index (χ3v) is 5.88. The number of nitrogens with zero attached hydrogens (tertiary/aromatic N) is 5. The van der Waals surface area contributed by atoms with E-state index in [0.29, 0.717) is 36.8 Å². The highest BCUT2D eigenvalue weighted by Crippen LogP contribution is 2.21. The van der Waals surface area contributed by atoms with E-state index in [-0.39, 0.29) is 6.54 Å². The second-order valence-corrected chi connectivity index (χ2v) is 10.1. The minimum absolute atomic E-state index is 0.244. The van der Waals surface area contributed by atoms with Crippen molar-refractivity contribution in [3.63, 3.8) is 0 Å². The molecule has 0 atom stereocenters. The molecule has 0 saturated carbocycles. The predicted octanol–water partition coefficient (Wildman–Crippen LogP) is 4.74. The summed E-state index contributed by atoms with van der Waals surface area (Å²) in [6, 6.07) is 20.0. The average molecular weight is 480 g/mol. The summed E-state index contributed by atoms with van der Waals surface area (Å²) >= 11 is 1.74. The molecule has 1 aliphatic heterocycles. The Hall–Kier alpha value is -3.33. The number of thioether (sulfide) groups is 1. The minimum atomic E-state index is -0.593. The monoisotopic (exact) mass is 479 g/mol. The number of carbonyl (C=O) groups excluding carboxylic acids is 1. The molecular weight excluding hydrogens is 450 g/mol. The molecule has 9 heteroatoms. The van der Waals surface area contributed by atoms with Gasteiger partial charge in [0, 0.05) is 10.6 Å². The second kappa shape index (κ2) is 10.7. The number of rotatable bonds is 7. The smallest absolute Gasteiger partial charge is 0.411 e. The molecule has 2 aromatic carbocycles. The lowest BCUT2D eigenvalue weighted by molar-refractivity contribution is 0.0254. The Morgan fingerprint density at radius 2 is 1.74 bits per heavy atom. The lowest BCUT2D eigenvalue weighted by Gasteiger charge is -2.29. The normalized spacial score (nSPS) is 14.7. The Bertz CT molecular complexity index is 1130. The molecule has 0 bridgehead atoms. The second-order valence-electron chi connectivity index (χ2n) is 8.89. The lowest BCUT2D eigenvalue weighted by atomic mass is 10.1. The van der Waals surface area contributed by atoms with Gasteiger partial charge < -0.3 is 9.57 Å². The van der Waals surface area contributed by atoms with Crippen molar-refractivity contribution < 1.29 is 14.4 Å². The Balaban J connectivity index is 1.48. The van der Waals surface area contributed by atoms with Crippen molar-refractivity contribution in [1.29, 1.82) is 0 Å². The van der Waals surface area contributed by atoms with Crippen LogP contribution in [-0.2, 0) is 29.3 Å². The van der Waals surface area contributed by atoms with E-state index in [1.807, 2.05) is 69.3 Å². The van der Waals surface area contributed by atoms with E-state index < -0.39 is 11.7 Å². The first-order valence-corrected chi connectivity index (χ1v) is 12.2. The van der Waals surface area contributed by atoms with Gasteiger partial charge in [0.1, 0.15) is 29.3 Å². The number of ether oxygens (including phenoxy) is 1. The number of hydrogen-bond donors (Lipinski definition) is 0. The van der Waals surface area contributed by atoms with Gasteiger partial charge in [-0.2, -0.15) is 15.0 Å². The van der Waals surface area contributed by atoms with Crippen LogP contribution in [0.3, 0.4) is 0 Å².